The normalized spacial score (nSPS) is 10.8. The predicted octanol–water partition coefficient (Wildman–Crippen LogP) is 1.77. The summed E-state index contributed by atoms with van der Waals surface area (Å²) in [5, 5.41) is 11.8. The topological polar surface area (TPSA) is 56.7 Å². The maximum absolute atomic E-state index is 5.12. The standard InChI is InChI=1S/C9H12N4OS/c1-2-3-13-5-8(10-12-13)9-4-7(6-15)11-14-9/h4-5,15H,2-3,6H2,1H3. The number of aryl methyl sites for hydroxylation is 1. The lowest BCUT2D eigenvalue weighted by molar-refractivity contribution is 0.425. The zero-order valence-corrected chi connectivity index (χ0v) is 9.31. The molecule has 0 saturated heterocycles. The molecule has 0 spiro atoms. The van der Waals surface area contributed by atoms with Crippen molar-refractivity contribution in [2.24, 2.45) is 0 Å². The van der Waals surface area contributed by atoms with Crippen molar-refractivity contribution in [1.82, 2.24) is 20.2 Å². The van der Waals surface area contributed by atoms with E-state index < -0.39 is 0 Å². The molecule has 0 amide bonds. The fourth-order valence-electron chi connectivity index (χ4n) is 1.26. The third-order valence-corrected chi connectivity index (χ3v) is 2.29. The van der Waals surface area contributed by atoms with Gasteiger partial charge >= 0.3 is 0 Å². The molecular weight excluding hydrogens is 212 g/mol. The summed E-state index contributed by atoms with van der Waals surface area (Å²) in [7, 11) is 0. The van der Waals surface area contributed by atoms with Crippen LogP contribution in [0.2, 0.25) is 0 Å². The van der Waals surface area contributed by atoms with Gasteiger partial charge in [0.15, 0.2) is 11.5 Å². The lowest BCUT2D eigenvalue weighted by Crippen LogP contribution is -1.96. The molecule has 0 saturated carbocycles. The number of nitrogens with zero attached hydrogens (tertiary/aromatic N) is 4. The van der Waals surface area contributed by atoms with Gasteiger partial charge in [0.1, 0.15) is 0 Å². The minimum absolute atomic E-state index is 0.562. The van der Waals surface area contributed by atoms with Crippen LogP contribution in [0.1, 0.15) is 19.0 Å². The van der Waals surface area contributed by atoms with Crippen molar-refractivity contribution >= 4 is 12.6 Å². The van der Waals surface area contributed by atoms with Crippen LogP contribution in [0.15, 0.2) is 16.8 Å². The van der Waals surface area contributed by atoms with Gasteiger partial charge in [-0.15, -0.1) is 5.10 Å². The minimum atomic E-state index is 0.562. The average molecular weight is 224 g/mol. The molecule has 0 aliphatic heterocycles. The van der Waals surface area contributed by atoms with E-state index in [-0.39, 0.29) is 0 Å². The van der Waals surface area contributed by atoms with Crippen LogP contribution < -0.4 is 0 Å². The molecule has 0 aliphatic carbocycles. The van der Waals surface area contributed by atoms with Gasteiger partial charge in [-0.1, -0.05) is 17.3 Å². The van der Waals surface area contributed by atoms with Crippen molar-refractivity contribution in [2.45, 2.75) is 25.6 Å². The summed E-state index contributed by atoms with van der Waals surface area (Å²) in [6, 6.07) is 1.83. The quantitative estimate of drug-likeness (QED) is 0.804. The third kappa shape index (κ3) is 2.20. The lowest BCUT2D eigenvalue weighted by Gasteiger charge is -1.91. The Hall–Kier alpha value is -1.30. The number of hydrogen-bond acceptors (Lipinski definition) is 5. The Morgan fingerprint density at radius 3 is 3.07 bits per heavy atom. The van der Waals surface area contributed by atoms with Crippen LogP contribution in [0.4, 0.5) is 0 Å². The highest BCUT2D eigenvalue weighted by atomic mass is 32.1. The lowest BCUT2D eigenvalue weighted by atomic mass is 10.3. The Balaban J connectivity index is 2.21. The molecule has 5 nitrogen and oxygen atoms in total. The van der Waals surface area contributed by atoms with Gasteiger partial charge in [0.25, 0.3) is 0 Å². The molecule has 2 aromatic rings. The summed E-state index contributed by atoms with van der Waals surface area (Å²) >= 11 is 4.11. The molecule has 0 N–H and O–H groups in total. The van der Waals surface area contributed by atoms with Gasteiger partial charge in [0, 0.05) is 18.4 Å². The van der Waals surface area contributed by atoms with Crippen LogP contribution >= 0.6 is 12.6 Å². The molecule has 0 bridgehead atoms. The SMILES string of the molecule is CCCn1cc(-c2cc(CS)no2)nn1. The molecule has 2 heterocycles. The Morgan fingerprint density at radius 2 is 2.40 bits per heavy atom. The Bertz CT molecular complexity index is 437. The number of rotatable bonds is 4. The highest BCUT2D eigenvalue weighted by Crippen LogP contribution is 2.17. The van der Waals surface area contributed by atoms with E-state index in [9.17, 15) is 0 Å². The molecule has 0 unspecified atom stereocenters. The van der Waals surface area contributed by atoms with Gasteiger partial charge in [-0.3, -0.25) is 4.68 Å². The van der Waals surface area contributed by atoms with E-state index in [1.54, 1.807) is 4.68 Å². The highest BCUT2D eigenvalue weighted by molar-refractivity contribution is 7.79. The molecule has 2 aromatic heterocycles. The molecule has 0 aliphatic rings. The summed E-state index contributed by atoms with van der Waals surface area (Å²) in [4.78, 5) is 0. The van der Waals surface area contributed by atoms with Gasteiger partial charge in [-0.05, 0) is 6.42 Å². The zero-order valence-electron chi connectivity index (χ0n) is 8.42. The first-order chi connectivity index (χ1) is 7.33. The van der Waals surface area contributed by atoms with E-state index in [4.69, 9.17) is 4.52 Å². The second kappa shape index (κ2) is 4.48. The fourth-order valence-corrected chi connectivity index (χ4v) is 1.41. The third-order valence-electron chi connectivity index (χ3n) is 1.96. The number of aromatic nitrogens is 4. The van der Waals surface area contributed by atoms with E-state index >= 15 is 0 Å². The molecule has 80 valence electrons. The van der Waals surface area contributed by atoms with Crippen LogP contribution in [-0.2, 0) is 12.3 Å². The molecule has 6 heteroatoms. The van der Waals surface area contributed by atoms with Crippen LogP contribution in [-0.4, -0.2) is 20.2 Å². The molecule has 0 aromatic carbocycles. The van der Waals surface area contributed by atoms with Crippen molar-refractivity contribution in [2.75, 3.05) is 0 Å². The summed E-state index contributed by atoms with van der Waals surface area (Å²) in [6.07, 6.45) is 2.88. The van der Waals surface area contributed by atoms with Gasteiger partial charge < -0.3 is 4.52 Å². The van der Waals surface area contributed by atoms with Gasteiger partial charge in [-0.25, -0.2) is 0 Å². The van der Waals surface area contributed by atoms with E-state index in [0.29, 0.717) is 17.2 Å². The van der Waals surface area contributed by atoms with E-state index in [0.717, 1.165) is 18.7 Å². The highest BCUT2D eigenvalue weighted by Gasteiger charge is 2.09. The first-order valence-corrected chi connectivity index (χ1v) is 5.43. The Labute approximate surface area is 92.9 Å². The number of hydrogen-bond donors (Lipinski definition) is 1. The summed E-state index contributed by atoms with van der Waals surface area (Å²) in [5.41, 5.74) is 1.52. The first kappa shape index (κ1) is 10.2. The average Bonchev–Trinajstić information content (AvgIpc) is 2.85. The molecular formula is C9H12N4OS. The van der Waals surface area contributed by atoms with Crippen LogP contribution in [0.5, 0.6) is 0 Å². The Kier molecular flexibility index (Phi) is 3.05. The molecule has 0 atom stereocenters. The molecule has 0 radical (unpaired) electrons. The minimum Gasteiger partial charge on any atom is -0.354 e. The van der Waals surface area contributed by atoms with Crippen LogP contribution in [0.25, 0.3) is 11.5 Å². The molecule has 2 rings (SSSR count). The zero-order chi connectivity index (χ0) is 10.7. The molecule has 0 fully saturated rings. The predicted molar refractivity (Wildman–Crippen MR) is 58.5 cm³/mol. The summed E-state index contributed by atoms with van der Waals surface area (Å²) in [5.74, 6) is 1.20. The maximum Gasteiger partial charge on any atom is 0.189 e. The smallest absolute Gasteiger partial charge is 0.189 e. The maximum atomic E-state index is 5.12. The van der Waals surface area contributed by atoms with E-state index in [2.05, 4.69) is 35.0 Å². The Morgan fingerprint density at radius 1 is 1.53 bits per heavy atom. The number of thiol groups is 1. The van der Waals surface area contributed by atoms with Gasteiger partial charge in [0.2, 0.25) is 0 Å². The van der Waals surface area contributed by atoms with Crippen molar-refractivity contribution in [3.8, 4) is 11.5 Å². The van der Waals surface area contributed by atoms with Gasteiger partial charge in [0.05, 0.1) is 11.9 Å². The van der Waals surface area contributed by atoms with Gasteiger partial charge in [-0.2, -0.15) is 12.6 Å². The summed E-state index contributed by atoms with van der Waals surface area (Å²) in [6.45, 7) is 2.95. The van der Waals surface area contributed by atoms with Crippen LogP contribution in [0.3, 0.4) is 0 Å². The molecule has 15 heavy (non-hydrogen) atoms. The van der Waals surface area contributed by atoms with Crippen molar-refractivity contribution in [1.29, 1.82) is 0 Å². The monoisotopic (exact) mass is 224 g/mol. The van der Waals surface area contributed by atoms with Crippen molar-refractivity contribution in [3.05, 3.63) is 18.0 Å². The van der Waals surface area contributed by atoms with E-state index in [1.165, 1.54) is 0 Å². The first-order valence-electron chi connectivity index (χ1n) is 4.80. The second-order valence-corrected chi connectivity index (χ2v) is 3.52. The summed E-state index contributed by atoms with van der Waals surface area (Å²) < 4.78 is 6.91. The van der Waals surface area contributed by atoms with E-state index in [1.807, 2.05) is 12.3 Å². The van der Waals surface area contributed by atoms with Crippen molar-refractivity contribution in [3.63, 3.8) is 0 Å². The second-order valence-electron chi connectivity index (χ2n) is 3.21. The van der Waals surface area contributed by atoms with Crippen molar-refractivity contribution < 1.29 is 4.52 Å². The largest absolute Gasteiger partial charge is 0.354 e. The fraction of sp³-hybridized carbons (Fsp3) is 0.444. The van der Waals surface area contributed by atoms with Crippen LogP contribution in [0, 0.1) is 0 Å².